The van der Waals surface area contributed by atoms with Crippen LogP contribution in [0.15, 0.2) is 41.7 Å². The molecule has 2 heterocycles. The quantitative estimate of drug-likeness (QED) is 0.655. The topological polar surface area (TPSA) is 54.7 Å². The third-order valence-corrected chi connectivity index (χ3v) is 4.52. The number of rotatable bonds is 5. The summed E-state index contributed by atoms with van der Waals surface area (Å²) in [6, 6.07) is 6.78. The lowest BCUT2D eigenvalue weighted by molar-refractivity contribution is -0.0504. The van der Waals surface area contributed by atoms with Gasteiger partial charge < -0.3 is 15.0 Å². The van der Waals surface area contributed by atoms with E-state index in [9.17, 15) is 8.78 Å². The lowest BCUT2D eigenvalue weighted by Crippen LogP contribution is -2.39. The number of aryl methyl sites for hydroxylation is 1. The Hall–Kier alpha value is -2.64. The van der Waals surface area contributed by atoms with Crippen LogP contribution in [0.25, 0.3) is 0 Å². The Morgan fingerprint density at radius 1 is 1.42 bits per heavy atom. The van der Waals surface area contributed by atoms with Crippen molar-refractivity contribution in [1.29, 1.82) is 0 Å². The molecule has 3 rings (SSSR count). The second-order valence-electron chi connectivity index (χ2n) is 6.27. The van der Waals surface area contributed by atoms with Gasteiger partial charge in [-0.05, 0) is 18.1 Å². The Balaban J connectivity index is 1.61. The molecule has 1 aliphatic heterocycles. The summed E-state index contributed by atoms with van der Waals surface area (Å²) in [7, 11) is 3.64. The van der Waals surface area contributed by atoms with Gasteiger partial charge in [-0.2, -0.15) is 13.9 Å². The number of para-hydroxylation sites is 1. The van der Waals surface area contributed by atoms with Crippen LogP contribution >= 0.6 is 0 Å². The minimum atomic E-state index is -2.84. The highest BCUT2D eigenvalue weighted by molar-refractivity contribution is 5.80. The molecular formula is C18H23F2N5O. The first-order chi connectivity index (χ1) is 12.6. The lowest BCUT2D eigenvalue weighted by Gasteiger charge is -2.22. The van der Waals surface area contributed by atoms with Crippen molar-refractivity contribution < 1.29 is 13.5 Å². The number of hydrogen-bond acceptors (Lipinski definition) is 3. The molecule has 0 radical (unpaired) electrons. The van der Waals surface area contributed by atoms with E-state index in [2.05, 4.69) is 25.0 Å². The second-order valence-corrected chi connectivity index (χ2v) is 6.27. The maximum absolute atomic E-state index is 12.5. The first kappa shape index (κ1) is 18.2. The van der Waals surface area contributed by atoms with Crippen molar-refractivity contribution in [3.63, 3.8) is 0 Å². The normalized spacial score (nSPS) is 17.8. The van der Waals surface area contributed by atoms with Crippen molar-refractivity contribution in [3.8, 4) is 5.75 Å². The number of nitrogens with zero attached hydrogens (tertiary/aromatic N) is 4. The first-order valence-electron chi connectivity index (χ1n) is 8.53. The SMILES string of the molecule is CN=C(NCc1ccccc1OC(F)F)N1CCC(c2cnn(C)c2)C1. The van der Waals surface area contributed by atoms with E-state index >= 15 is 0 Å². The van der Waals surface area contributed by atoms with Gasteiger partial charge in [0, 0.05) is 51.4 Å². The molecular weight excluding hydrogens is 340 g/mol. The van der Waals surface area contributed by atoms with E-state index in [1.165, 1.54) is 5.56 Å². The summed E-state index contributed by atoms with van der Waals surface area (Å²) in [5.41, 5.74) is 1.89. The monoisotopic (exact) mass is 363 g/mol. The molecule has 1 atom stereocenters. The molecule has 1 fully saturated rings. The molecule has 0 aliphatic carbocycles. The third kappa shape index (κ3) is 4.30. The Morgan fingerprint density at radius 3 is 2.92 bits per heavy atom. The smallest absolute Gasteiger partial charge is 0.387 e. The predicted molar refractivity (Wildman–Crippen MR) is 95.4 cm³/mol. The van der Waals surface area contributed by atoms with Gasteiger partial charge >= 0.3 is 6.61 Å². The lowest BCUT2D eigenvalue weighted by atomic mass is 10.0. The van der Waals surface area contributed by atoms with Gasteiger partial charge in [0.05, 0.1) is 6.20 Å². The Morgan fingerprint density at radius 2 is 2.23 bits per heavy atom. The Bertz CT molecular complexity index is 762. The fourth-order valence-electron chi connectivity index (χ4n) is 3.24. The highest BCUT2D eigenvalue weighted by Crippen LogP contribution is 2.27. The number of nitrogens with one attached hydrogen (secondary N) is 1. The van der Waals surface area contributed by atoms with Crippen LogP contribution in [0.5, 0.6) is 5.75 Å². The van der Waals surface area contributed by atoms with Crippen LogP contribution in [0.4, 0.5) is 8.78 Å². The van der Waals surface area contributed by atoms with Crippen molar-refractivity contribution in [2.75, 3.05) is 20.1 Å². The van der Waals surface area contributed by atoms with Crippen LogP contribution in [-0.2, 0) is 13.6 Å². The molecule has 1 aromatic heterocycles. The molecule has 0 bridgehead atoms. The zero-order chi connectivity index (χ0) is 18.5. The van der Waals surface area contributed by atoms with E-state index in [4.69, 9.17) is 0 Å². The van der Waals surface area contributed by atoms with E-state index in [1.807, 2.05) is 24.1 Å². The summed E-state index contributed by atoms with van der Waals surface area (Å²) in [6.07, 6.45) is 4.97. The maximum atomic E-state index is 12.5. The fourth-order valence-corrected chi connectivity index (χ4v) is 3.24. The zero-order valence-corrected chi connectivity index (χ0v) is 14.9. The highest BCUT2D eigenvalue weighted by Gasteiger charge is 2.27. The number of likely N-dealkylation sites (tertiary alicyclic amines) is 1. The van der Waals surface area contributed by atoms with Gasteiger partial charge in [0.2, 0.25) is 0 Å². The van der Waals surface area contributed by atoms with Crippen LogP contribution in [0.3, 0.4) is 0 Å². The minimum Gasteiger partial charge on any atom is -0.434 e. The molecule has 8 heteroatoms. The average Bonchev–Trinajstić information content (AvgIpc) is 3.25. The van der Waals surface area contributed by atoms with Gasteiger partial charge in [-0.25, -0.2) is 0 Å². The fraction of sp³-hybridized carbons (Fsp3) is 0.444. The summed E-state index contributed by atoms with van der Waals surface area (Å²) in [4.78, 5) is 6.51. The van der Waals surface area contributed by atoms with Gasteiger partial charge in [0.15, 0.2) is 5.96 Å². The maximum Gasteiger partial charge on any atom is 0.387 e. The van der Waals surface area contributed by atoms with Crippen LogP contribution in [0.1, 0.15) is 23.5 Å². The van der Waals surface area contributed by atoms with Crippen LogP contribution in [0.2, 0.25) is 0 Å². The van der Waals surface area contributed by atoms with E-state index in [-0.39, 0.29) is 5.75 Å². The molecule has 6 nitrogen and oxygen atoms in total. The number of hydrogen-bond donors (Lipinski definition) is 1. The molecule has 2 aromatic rings. The van der Waals surface area contributed by atoms with Crippen LogP contribution in [0, 0.1) is 0 Å². The van der Waals surface area contributed by atoms with Gasteiger partial charge in [0.25, 0.3) is 0 Å². The Kier molecular flexibility index (Phi) is 5.70. The number of benzene rings is 1. The van der Waals surface area contributed by atoms with E-state index < -0.39 is 6.61 Å². The third-order valence-electron chi connectivity index (χ3n) is 4.52. The van der Waals surface area contributed by atoms with Crippen molar-refractivity contribution in [3.05, 3.63) is 47.8 Å². The molecule has 0 saturated carbocycles. The molecule has 1 aliphatic rings. The van der Waals surface area contributed by atoms with Crippen LogP contribution in [-0.4, -0.2) is 47.4 Å². The van der Waals surface area contributed by atoms with Crippen molar-refractivity contribution in [1.82, 2.24) is 20.0 Å². The first-order valence-corrected chi connectivity index (χ1v) is 8.53. The highest BCUT2D eigenvalue weighted by atomic mass is 19.3. The van der Waals surface area contributed by atoms with Crippen molar-refractivity contribution in [2.45, 2.75) is 25.5 Å². The molecule has 1 aromatic carbocycles. The van der Waals surface area contributed by atoms with E-state index in [0.717, 1.165) is 25.5 Å². The molecule has 1 unspecified atom stereocenters. The minimum absolute atomic E-state index is 0.181. The average molecular weight is 363 g/mol. The number of ether oxygens (including phenoxy) is 1. The van der Waals surface area contributed by atoms with Crippen molar-refractivity contribution in [2.24, 2.45) is 12.0 Å². The molecule has 140 valence electrons. The van der Waals surface area contributed by atoms with Crippen LogP contribution < -0.4 is 10.1 Å². The number of alkyl halides is 2. The predicted octanol–water partition coefficient (Wildman–Crippen LogP) is 2.59. The molecule has 0 amide bonds. The van der Waals surface area contributed by atoms with Gasteiger partial charge in [-0.15, -0.1) is 0 Å². The molecule has 0 spiro atoms. The summed E-state index contributed by atoms with van der Waals surface area (Å²) in [6.45, 7) is -0.743. The summed E-state index contributed by atoms with van der Waals surface area (Å²) in [5.74, 6) is 1.35. The van der Waals surface area contributed by atoms with Gasteiger partial charge in [0.1, 0.15) is 5.75 Å². The number of guanidine groups is 1. The summed E-state index contributed by atoms with van der Waals surface area (Å²) >= 11 is 0. The van der Waals surface area contributed by atoms with E-state index in [0.29, 0.717) is 18.0 Å². The van der Waals surface area contributed by atoms with Gasteiger partial charge in [-0.3, -0.25) is 9.67 Å². The standard InChI is InChI=1S/C18H23F2N5O/c1-21-18(22-9-13-5-3-4-6-16(13)26-17(19)20)25-8-7-14(12-25)15-10-23-24(2)11-15/h3-6,10-11,14,17H,7-9,12H2,1-2H3,(H,21,22). The number of aliphatic imine (C=N–C) groups is 1. The number of aromatic nitrogens is 2. The molecule has 26 heavy (non-hydrogen) atoms. The largest absolute Gasteiger partial charge is 0.434 e. The zero-order valence-electron chi connectivity index (χ0n) is 14.9. The summed E-state index contributed by atoms with van der Waals surface area (Å²) in [5, 5.41) is 7.49. The summed E-state index contributed by atoms with van der Waals surface area (Å²) < 4.78 is 31.5. The second kappa shape index (κ2) is 8.16. The molecule has 1 saturated heterocycles. The number of halogens is 2. The van der Waals surface area contributed by atoms with Crippen molar-refractivity contribution >= 4 is 5.96 Å². The van der Waals surface area contributed by atoms with E-state index in [1.54, 1.807) is 31.3 Å². The van der Waals surface area contributed by atoms with Gasteiger partial charge in [-0.1, -0.05) is 18.2 Å². The molecule has 1 N–H and O–H groups in total. The Labute approximate surface area is 151 Å².